The first-order valence-corrected chi connectivity index (χ1v) is 12.6. The number of hydrogen-bond donors (Lipinski definition) is 6. The Hall–Kier alpha value is -6.36. The maximum Gasteiger partial charge on any atom is 0.343 e. The number of hydrogen-bond acceptors (Lipinski definition) is 11. The van der Waals surface area contributed by atoms with Gasteiger partial charge in [0.05, 0.1) is 22.1 Å². The van der Waals surface area contributed by atoms with Crippen molar-refractivity contribution in [3.05, 3.63) is 96.1 Å². The number of phenolic OH excluding ortho intramolecular Hbond substituents is 6. The maximum atomic E-state index is 13.3. The molecule has 0 saturated heterocycles. The minimum Gasteiger partial charge on any atom is -0.508 e. The van der Waals surface area contributed by atoms with Crippen molar-refractivity contribution in [1.82, 2.24) is 0 Å². The van der Waals surface area contributed by atoms with Gasteiger partial charge in [-0.1, -0.05) is 12.1 Å². The lowest BCUT2D eigenvalue weighted by molar-refractivity contribution is 0.0719. The summed E-state index contributed by atoms with van der Waals surface area (Å²) in [6, 6.07) is 18.0. The van der Waals surface area contributed by atoms with Crippen molar-refractivity contribution < 1.29 is 54.1 Å². The van der Waals surface area contributed by atoms with Crippen LogP contribution in [0.15, 0.2) is 89.3 Å². The standard InChI is InChI=1S/C32H20O11/c33-18-7-1-15(2-8-18)25-27(38)28(42-31(39)16-3-9-19(34)10-4-16)26-21-13-22(36)23(37)14-24(21)41-30(26)29(25)43-32(40)17-5-11-20(35)12-6-17/h1-14,33-38H. The molecule has 0 radical (unpaired) electrons. The van der Waals surface area contributed by atoms with Crippen LogP contribution in [0.1, 0.15) is 20.7 Å². The number of carbonyl (C=O) groups is 2. The molecule has 0 aliphatic carbocycles. The van der Waals surface area contributed by atoms with Crippen molar-refractivity contribution in [1.29, 1.82) is 0 Å². The van der Waals surface area contributed by atoms with E-state index < -0.39 is 34.9 Å². The molecule has 1 aromatic heterocycles. The van der Waals surface area contributed by atoms with Crippen molar-refractivity contribution in [2.45, 2.75) is 0 Å². The first kappa shape index (κ1) is 26.8. The third kappa shape index (κ3) is 4.80. The number of aromatic hydroxyl groups is 6. The third-order valence-corrected chi connectivity index (χ3v) is 6.65. The highest BCUT2D eigenvalue weighted by atomic mass is 16.6. The molecule has 6 rings (SSSR count). The van der Waals surface area contributed by atoms with Gasteiger partial charge in [-0.05, 0) is 72.3 Å². The van der Waals surface area contributed by atoms with Gasteiger partial charge in [-0.15, -0.1) is 0 Å². The first-order valence-electron chi connectivity index (χ1n) is 12.6. The van der Waals surface area contributed by atoms with Crippen molar-refractivity contribution in [3.63, 3.8) is 0 Å². The number of fused-ring (bicyclic) bond motifs is 3. The summed E-state index contributed by atoms with van der Waals surface area (Å²) < 4.78 is 17.4. The quantitative estimate of drug-likeness (QED) is 0.0806. The Labute approximate surface area is 241 Å². The fraction of sp³-hybridized carbons (Fsp3) is 0. The minimum atomic E-state index is -0.931. The summed E-state index contributed by atoms with van der Waals surface area (Å²) in [7, 11) is 0. The second-order valence-electron chi connectivity index (χ2n) is 9.44. The number of phenols is 6. The van der Waals surface area contributed by atoms with Crippen LogP contribution in [-0.4, -0.2) is 42.6 Å². The van der Waals surface area contributed by atoms with Gasteiger partial charge < -0.3 is 44.5 Å². The fourth-order valence-corrected chi connectivity index (χ4v) is 4.55. The van der Waals surface area contributed by atoms with Gasteiger partial charge in [-0.3, -0.25) is 0 Å². The summed E-state index contributed by atoms with van der Waals surface area (Å²) in [4.78, 5) is 26.5. The van der Waals surface area contributed by atoms with E-state index in [0.717, 1.165) is 12.1 Å². The second-order valence-corrected chi connectivity index (χ2v) is 9.44. The molecule has 0 saturated carbocycles. The molecule has 0 fully saturated rings. The van der Waals surface area contributed by atoms with E-state index in [1.54, 1.807) is 0 Å². The van der Waals surface area contributed by atoms with E-state index in [9.17, 15) is 40.2 Å². The summed E-state index contributed by atoms with van der Waals surface area (Å²) in [5.41, 5.74) is -0.0821. The molecule has 0 unspecified atom stereocenters. The number of benzene rings is 5. The molecule has 0 spiro atoms. The molecule has 0 amide bonds. The summed E-state index contributed by atoms with van der Waals surface area (Å²) >= 11 is 0. The Kier molecular flexibility index (Phi) is 6.39. The highest BCUT2D eigenvalue weighted by Crippen LogP contribution is 2.54. The van der Waals surface area contributed by atoms with Crippen LogP contribution in [0.25, 0.3) is 33.1 Å². The van der Waals surface area contributed by atoms with Crippen LogP contribution in [0.4, 0.5) is 0 Å². The molecule has 0 aliphatic rings. The summed E-state index contributed by atoms with van der Waals surface area (Å²) in [6.07, 6.45) is 0. The maximum absolute atomic E-state index is 13.3. The van der Waals surface area contributed by atoms with Gasteiger partial charge in [0.25, 0.3) is 0 Å². The van der Waals surface area contributed by atoms with E-state index in [1.165, 1.54) is 72.8 Å². The molecule has 0 atom stereocenters. The van der Waals surface area contributed by atoms with E-state index in [2.05, 4.69) is 0 Å². The number of rotatable bonds is 5. The average Bonchev–Trinajstić information content (AvgIpc) is 3.34. The molecule has 5 aromatic carbocycles. The Morgan fingerprint density at radius 3 is 1.58 bits per heavy atom. The molecule has 214 valence electrons. The Morgan fingerprint density at radius 2 is 1.05 bits per heavy atom. The van der Waals surface area contributed by atoms with E-state index in [0.29, 0.717) is 0 Å². The molecule has 11 heteroatoms. The van der Waals surface area contributed by atoms with Crippen molar-refractivity contribution >= 4 is 33.9 Å². The number of esters is 2. The van der Waals surface area contributed by atoms with E-state index in [1.807, 2.05) is 0 Å². The highest BCUT2D eigenvalue weighted by molar-refractivity contribution is 6.16. The van der Waals surface area contributed by atoms with Gasteiger partial charge in [0.2, 0.25) is 0 Å². The lowest BCUT2D eigenvalue weighted by atomic mass is 9.99. The van der Waals surface area contributed by atoms with Crippen molar-refractivity contribution in [2.24, 2.45) is 0 Å². The zero-order valence-corrected chi connectivity index (χ0v) is 21.8. The predicted octanol–water partition coefficient (Wildman–Crippen LogP) is 5.93. The van der Waals surface area contributed by atoms with Crippen molar-refractivity contribution in [3.8, 4) is 57.1 Å². The molecule has 1 heterocycles. The molecule has 6 aromatic rings. The fourth-order valence-electron chi connectivity index (χ4n) is 4.55. The Balaban J connectivity index is 1.65. The summed E-state index contributed by atoms with van der Waals surface area (Å²) in [6.45, 7) is 0. The van der Waals surface area contributed by atoms with E-state index in [-0.39, 0.29) is 67.2 Å². The first-order chi connectivity index (χ1) is 20.6. The van der Waals surface area contributed by atoms with Gasteiger partial charge >= 0.3 is 11.9 Å². The van der Waals surface area contributed by atoms with Crippen LogP contribution in [-0.2, 0) is 0 Å². The molecule has 6 N–H and O–H groups in total. The van der Waals surface area contributed by atoms with Gasteiger partial charge in [0.15, 0.2) is 34.3 Å². The lowest BCUT2D eigenvalue weighted by Gasteiger charge is -2.17. The van der Waals surface area contributed by atoms with Gasteiger partial charge in [-0.25, -0.2) is 9.59 Å². The van der Waals surface area contributed by atoms with Crippen LogP contribution in [0, 0.1) is 0 Å². The summed E-state index contributed by atoms with van der Waals surface area (Å²) in [5.74, 6) is -4.57. The zero-order chi connectivity index (χ0) is 30.4. The SMILES string of the molecule is O=C(Oc1c(-c2ccc(O)cc2)c(O)c(OC(=O)c2ccc(O)cc2)c2c1oc1cc(O)c(O)cc12)c1ccc(O)cc1. The monoisotopic (exact) mass is 580 g/mol. The van der Waals surface area contributed by atoms with Crippen LogP contribution in [0.5, 0.6) is 46.0 Å². The number of furan rings is 1. The highest BCUT2D eigenvalue weighted by Gasteiger charge is 2.31. The molecule has 0 aliphatic heterocycles. The summed E-state index contributed by atoms with van der Waals surface area (Å²) in [5, 5.41) is 61.2. The largest absolute Gasteiger partial charge is 0.508 e. The predicted molar refractivity (Wildman–Crippen MR) is 152 cm³/mol. The molecular weight excluding hydrogens is 560 g/mol. The molecule has 43 heavy (non-hydrogen) atoms. The Morgan fingerprint density at radius 1 is 0.581 bits per heavy atom. The minimum absolute atomic E-state index is 0.0172. The molecule has 11 nitrogen and oxygen atoms in total. The van der Waals surface area contributed by atoms with Gasteiger partial charge in [0.1, 0.15) is 22.8 Å². The van der Waals surface area contributed by atoms with Crippen LogP contribution in [0.2, 0.25) is 0 Å². The van der Waals surface area contributed by atoms with E-state index in [4.69, 9.17) is 13.9 Å². The van der Waals surface area contributed by atoms with Gasteiger partial charge in [-0.2, -0.15) is 0 Å². The van der Waals surface area contributed by atoms with E-state index >= 15 is 0 Å². The molecule has 0 bridgehead atoms. The zero-order valence-electron chi connectivity index (χ0n) is 21.8. The molecular formula is C32H20O11. The lowest BCUT2D eigenvalue weighted by Crippen LogP contribution is -2.11. The second kappa shape index (κ2) is 10.2. The van der Waals surface area contributed by atoms with Crippen molar-refractivity contribution in [2.75, 3.05) is 0 Å². The number of ether oxygens (including phenoxy) is 2. The average molecular weight is 581 g/mol. The third-order valence-electron chi connectivity index (χ3n) is 6.65. The topological polar surface area (TPSA) is 187 Å². The van der Waals surface area contributed by atoms with Gasteiger partial charge in [0, 0.05) is 11.5 Å². The van der Waals surface area contributed by atoms with Crippen LogP contribution < -0.4 is 9.47 Å². The van der Waals surface area contributed by atoms with Crippen LogP contribution >= 0.6 is 0 Å². The normalized spacial score (nSPS) is 11.1. The Bertz CT molecular complexity index is 2040. The smallest absolute Gasteiger partial charge is 0.343 e. The number of carbonyl (C=O) groups excluding carboxylic acids is 2. The van der Waals surface area contributed by atoms with Crippen LogP contribution in [0.3, 0.4) is 0 Å².